The van der Waals surface area contributed by atoms with E-state index in [1.54, 1.807) is 6.07 Å². The Morgan fingerprint density at radius 3 is 2.35 bits per heavy atom. The number of rotatable bonds is 5. The standard InChI is InChI=1S/C18H15F2N3/c19-15-12-22-18(10-14-7-9-17(20)21-11-14)23-16(15)8-6-13-4-2-1-3-5-13/h1-5,7,9,11-12H,6,8,10H2. The first-order valence-electron chi connectivity index (χ1n) is 7.35. The van der Waals surface area contributed by atoms with Crippen molar-refractivity contribution in [3.63, 3.8) is 0 Å². The topological polar surface area (TPSA) is 38.7 Å². The number of aromatic nitrogens is 3. The fourth-order valence-corrected chi connectivity index (χ4v) is 2.31. The lowest BCUT2D eigenvalue weighted by Gasteiger charge is -2.06. The first-order valence-corrected chi connectivity index (χ1v) is 7.35. The van der Waals surface area contributed by atoms with Gasteiger partial charge in [0, 0.05) is 12.6 Å². The molecule has 116 valence electrons. The number of nitrogens with zero attached hydrogens (tertiary/aromatic N) is 3. The molecule has 3 rings (SSSR count). The lowest BCUT2D eigenvalue weighted by molar-refractivity contribution is 0.580. The third-order valence-electron chi connectivity index (χ3n) is 3.51. The van der Waals surface area contributed by atoms with Crippen molar-refractivity contribution in [2.45, 2.75) is 19.3 Å². The van der Waals surface area contributed by atoms with Gasteiger partial charge in [0.25, 0.3) is 0 Å². The van der Waals surface area contributed by atoms with Crippen LogP contribution in [0.2, 0.25) is 0 Å². The summed E-state index contributed by atoms with van der Waals surface area (Å²) >= 11 is 0. The molecule has 0 radical (unpaired) electrons. The molecule has 0 unspecified atom stereocenters. The minimum atomic E-state index is -0.530. The molecular weight excluding hydrogens is 296 g/mol. The number of hydrogen-bond donors (Lipinski definition) is 0. The van der Waals surface area contributed by atoms with E-state index in [0.29, 0.717) is 30.8 Å². The minimum absolute atomic E-state index is 0.395. The van der Waals surface area contributed by atoms with Crippen LogP contribution in [0.15, 0.2) is 54.9 Å². The smallest absolute Gasteiger partial charge is 0.212 e. The quantitative estimate of drug-likeness (QED) is 0.677. The van der Waals surface area contributed by atoms with E-state index in [0.717, 1.165) is 11.1 Å². The average Bonchev–Trinajstić information content (AvgIpc) is 2.58. The molecule has 3 nitrogen and oxygen atoms in total. The van der Waals surface area contributed by atoms with Crippen molar-refractivity contribution >= 4 is 0 Å². The number of pyridine rings is 1. The molecule has 1 aromatic carbocycles. The maximum absolute atomic E-state index is 13.9. The maximum atomic E-state index is 13.9. The van der Waals surface area contributed by atoms with Gasteiger partial charge in [0.15, 0.2) is 5.82 Å². The van der Waals surface area contributed by atoms with Crippen LogP contribution < -0.4 is 0 Å². The van der Waals surface area contributed by atoms with E-state index in [1.807, 2.05) is 30.3 Å². The largest absolute Gasteiger partial charge is 0.238 e. The van der Waals surface area contributed by atoms with Gasteiger partial charge in [-0.25, -0.2) is 19.3 Å². The van der Waals surface area contributed by atoms with Crippen LogP contribution in [0.5, 0.6) is 0 Å². The second-order valence-corrected chi connectivity index (χ2v) is 5.23. The predicted octanol–water partition coefficient (Wildman–Crippen LogP) is 3.53. The van der Waals surface area contributed by atoms with Gasteiger partial charge in [-0.3, -0.25) is 0 Å². The third kappa shape index (κ3) is 4.16. The lowest BCUT2D eigenvalue weighted by Crippen LogP contribution is -2.05. The first kappa shape index (κ1) is 15.2. The second kappa shape index (κ2) is 7.05. The molecule has 0 fully saturated rings. The highest BCUT2D eigenvalue weighted by molar-refractivity contribution is 5.19. The number of benzene rings is 1. The summed E-state index contributed by atoms with van der Waals surface area (Å²) in [4.78, 5) is 11.9. The zero-order valence-electron chi connectivity index (χ0n) is 12.4. The van der Waals surface area contributed by atoms with E-state index in [2.05, 4.69) is 15.0 Å². The van der Waals surface area contributed by atoms with Crippen LogP contribution in [0.3, 0.4) is 0 Å². The zero-order chi connectivity index (χ0) is 16.1. The van der Waals surface area contributed by atoms with Gasteiger partial charge < -0.3 is 0 Å². The Hall–Kier alpha value is -2.69. The molecule has 0 aliphatic heterocycles. The highest BCUT2D eigenvalue weighted by Crippen LogP contribution is 2.11. The molecule has 0 atom stereocenters. The summed E-state index contributed by atoms with van der Waals surface area (Å²) in [7, 11) is 0. The first-order chi connectivity index (χ1) is 11.2. The van der Waals surface area contributed by atoms with Gasteiger partial charge in [-0.05, 0) is 30.0 Å². The second-order valence-electron chi connectivity index (χ2n) is 5.23. The molecule has 5 heteroatoms. The third-order valence-corrected chi connectivity index (χ3v) is 3.51. The average molecular weight is 311 g/mol. The van der Waals surface area contributed by atoms with E-state index in [9.17, 15) is 8.78 Å². The van der Waals surface area contributed by atoms with Gasteiger partial charge in [-0.2, -0.15) is 4.39 Å². The summed E-state index contributed by atoms with van der Waals surface area (Å²) in [5.74, 6) is -0.429. The van der Waals surface area contributed by atoms with Gasteiger partial charge in [0.1, 0.15) is 5.82 Å². The molecule has 0 aliphatic rings. The van der Waals surface area contributed by atoms with Crippen LogP contribution in [-0.2, 0) is 19.3 Å². The van der Waals surface area contributed by atoms with Gasteiger partial charge in [0.05, 0.1) is 11.9 Å². The van der Waals surface area contributed by atoms with Gasteiger partial charge >= 0.3 is 0 Å². The Kier molecular flexibility index (Phi) is 4.66. The van der Waals surface area contributed by atoms with Crippen molar-refractivity contribution in [2.75, 3.05) is 0 Å². The predicted molar refractivity (Wildman–Crippen MR) is 82.8 cm³/mol. The number of aryl methyl sites for hydroxylation is 2. The Bertz CT molecular complexity index is 774. The molecule has 0 saturated carbocycles. The summed E-state index contributed by atoms with van der Waals surface area (Å²) in [6, 6.07) is 12.8. The van der Waals surface area contributed by atoms with E-state index in [-0.39, 0.29) is 0 Å². The summed E-state index contributed by atoms with van der Waals surface area (Å²) in [5.41, 5.74) is 2.32. The zero-order valence-corrected chi connectivity index (χ0v) is 12.4. The normalized spacial score (nSPS) is 10.7. The van der Waals surface area contributed by atoms with Gasteiger partial charge in [-0.1, -0.05) is 36.4 Å². The minimum Gasteiger partial charge on any atom is -0.238 e. The van der Waals surface area contributed by atoms with Crippen LogP contribution >= 0.6 is 0 Å². The molecule has 0 aliphatic carbocycles. The maximum Gasteiger partial charge on any atom is 0.212 e. The van der Waals surface area contributed by atoms with Crippen molar-refractivity contribution in [1.29, 1.82) is 0 Å². The molecule has 0 bridgehead atoms. The van der Waals surface area contributed by atoms with Gasteiger partial charge in [-0.15, -0.1) is 0 Å². The lowest BCUT2D eigenvalue weighted by atomic mass is 10.1. The Balaban J connectivity index is 1.72. The fourth-order valence-electron chi connectivity index (χ4n) is 2.31. The molecule has 2 aromatic heterocycles. The molecule has 23 heavy (non-hydrogen) atoms. The summed E-state index contributed by atoms with van der Waals surface area (Å²) in [6.07, 6.45) is 4.25. The van der Waals surface area contributed by atoms with Crippen molar-refractivity contribution < 1.29 is 8.78 Å². The highest BCUT2D eigenvalue weighted by Gasteiger charge is 2.08. The Morgan fingerprint density at radius 1 is 0.783 bits per heavy atom. The molecule has 0 amide bonds. The Morgan fingerprint density at radius 2 is 1.61 bits per heavy atom. The fraction of sp³-hybridized carbons (Fsp3) is 0.167. The van der Waals surface area contributed by atoms with Crippen molar-refractivity contribution in [3.05, 3.63) is 89.3 Å². The molecule has 3 aromatic rings. The van der Waals surface area contributed by atoms with E-state index in [1.165, 1.54) is 18.5 Å². The monoisotopic (exact) mass is 311 g/mol. The SMILES string of the molecule is Fc1ccc(Cc2ncc(F)c(CCc3ccccc3)n2)cn1. The van der Waals surface area contributed by atoms with Crippen LogP contribution in [0.25, 0.3) is 0 Å². The van der Waals surface area contributed by atoms with Crippen LogP contribution in [0.1, 0.15) is 22.6 Å². The van der Waals surface area contributed by atoms with Crippen LogP contribution in [-0.4, -0.2) is 15.0 Å². The van der Waals surface area contributed by atoms with Crippen LogP contribution in [0, 0.1) is 11.8 Å². The molecule has 0 N–H and O–H groups in total. The van der Waals surface area contributed by atoms with E-state index >= 15 is 0 Å². The number of halogens is 2. The summed E-state index contributed by atoms with van der Waals surface area (Å²) in [6.45, 7) is 0. The molecule has 2 heterocycles. The van der Waals surface area contributed by atoms with Crippen LogP contribution in [0.4, 0.5) is 8.78 Å². The number of hydrogen-bond acceptors (Lipinski definition) is 3. The summed E-state index contributed by atoms with van der Waals surface area (Å²) < 4.78 is 26.7. The van der Waals surface area contributed by atoms with Crippen molar-refractivity contribution in [2.24, 2.45) is 0 Å². The summed E-state index contributed by atoms with van der Waals surface area (Å²) in [5, 5.41) is 0. The van der Waals surface area contributed by atoms with Crippen molar-refractivity contribution in [3.8, 4) is 0 Å². The van der Waals surface area contributed by atoms with Gasteiger partial charge in [0.2, 0.25) is 5.95 Å². The van der Waals surface area contributed by atoms with E-state index < -0.39 is 11.8 Å². The highest BCUT2D eigenvalue weighted by atomic mass is 19.1. The van der Waals surface area contributed by atoms with Crippen molar-refractivity contribution in [1.82, 2.24) is 15.0 Å². The Labute approximate surface area is 133 Å². The molecule has 0 spiro atoms. The molecule has 0 saturated heterocycles. The van der Waals surface area contributed by atoms with E-state index in [4.69, 9.17) is 0 Å². The molecular formula is C18H15F2N3.